The number of para-hydroxylation sites is 1. The maximum absolute atomic E-state index is 10.2. The molecule has 110 valence electrons. The molecule has 0 radical (unpaired) electrons. The lowest BCUT2D eigenvalue weighted by molar-refractivity contribution is 0.174. The van der Waals surface area contributed by atoms with Crippen molar-refractivity contribution >= 4 is 5.69 Å². The molecule has 1 heterocycles. The molecule has 0 fully saturated rings. The molecule has 0 amide bonds. The Hall–Kier alpha value is -1.28. The summed E-state index contributed by atoms with van der Waals surface area (Å²) >= 11 is 0. The Kier molecular flexibility index (Phi) is 4.54. The molecule has 0 spiro atoms. The summed E-state index contributed by atoms with van der Waals surface area (Å²) in [6, 6.07) is 8.25. The van der Waals surface area contributed by atoms with Gasteiger partial charge in [-0.1, -0.05) is 57.5 Å². The summed E-state index contributed by atoms with van der Waals surface area (Å²) in [6.45, 7) is 10.8. The first-order valence-corrected chi connectivity index (χ1v) is 7.65. The molecule has 20 heavy (non-hydrogen) atoms. The molecule has 1 N–H and O–H groups in total. The first kappa shape index (κ1) is 15.1. The lowest BCUT2D eigenvalue weighted by Crippen LogP contribution is -2.32. The highest BCUT2D eigenvalue weighted by molar-refractivity contribution is 5.56. The first-order chi connectivity index (χ1) is 9.43. The molecule has 1 unspecified atom stereocenters. The SMILES string of the molecule is CCC(O)c1ccccc1N1CC=C(C(C)(C)C)CC1. The van der Waals surface area contributed by atoms with Crippen LogP contribution in [0.15, 0.2) is 35.9 Å². The number of aliphatic hydroxyl groups is 1. The number of benzene rings is 1. The van der Waals surface area contributed by atoms with Gasteiger partial charge in [0.25, 0.3) is 0 Å². The van der Waals surface area contributed by atoms with E-state index < -0.39 is 0 Å². The summed E-state index contributed by atoms with van der Waals surface area (Å²) < 4.78 is 0. The van der Waals surface area contributed by atoms with E-state index in [4.69, 9.17) is 0 Å². The smallest absolute Gasteiger partial charge is 0.0807 e. The third-order valence-electron chi connectivity index (χ3n) is 4.20. The van der Waals surface area contributed by atoms with Gasteiger partial charge in [-0.05, 0) is 24.3 Å². The van der Waals surface area contributed by atoms with E-state index in [1.165, 1.54) is 5.69 Å². The second-order valence-corrected chi connectivity index (χ2v) is 6.66. The summed E-state index contributed by atoms with van der Waals surface area (Å²) in [5.74, 6) is 0. The van der Waals surface area contributed by atoms with Crippen LogP contribution in [0.1, 0.15) is 52.2 Å². The van der Waals surface area contributed by atoms with Crippen molar-refractivity contribution in [2.45, 2.75) is 46.6 Å². The van der Waals surface area contributed by atoms with Crippen LogP contribution in [0.5, 0.6) is 0 Å². The third-order valence-corrected chi connectivity index (χ3v) is 4.20. The average Bonchev–Trinajstić information content (AvgIpc) is 2.45. The quantitative estimate of drug-likeness (QED) is 0.829. The molecule has 0 bridgehead atoms. The predicted octanol–water partition coefficient (Wildman–Crippen LogP) is 4.31. The number of hydrogen-bond acceptors (Lipinski definition) is 2. The number of nitrogens with zero attached hydrogens (tertiary/aromatic N) is 1. The molecule has 0 aliphatic carbocycles. The summed E-state index contributed by atoms with van der Waals surface area (Å²) in [4.78, 5) is 2.38. The summed E-state index contributed by atoms with van der Waals surface area (Å²) in [5, 5.41) is 10.2. The Bertz CT molecular complexity index is 484. The number of anilines is 1. The molecular formula is C18H27NO. The fourth-order valence-corrected chi connectivity index (χ4v) is 2.85. The van der Waals surface area contributed by atoms with Crippen LogP contribution in [-0.2, 0) is 0 Å². The molecule has 2 rings (SSSR count). The van der Waals surface area contributed by atoms with Crippen LogP contribution < -0.4 is 4.90 Å². The van der Waals surface area contributed by atoms with E-state index >= 15 is 0 Å². The number of rotatable bonds is 3. The van der Waals surface area contributed by atoms with Crippen LogP contribution in [0.3, 0.4) is 0 Å². The van der Waals surface area contributed by atoms with Crippen molar-refractivity contribution in [2.75, 3.05) is 18.0 Å². The Balaban J connectivity index is 2.21. The Morgan fingerprint density at radius 3 is 2.50 bits per heavy atom. The fourth-order valence-electron chi connectivity index (χ4n) is 2.85. The lowest BCUT2D eigenvalue weighted by atomic mass is 9.83. The van der Waals surface area contributed by atoms with Gasteiger partial charge >= 0.3 is 0 Å². The first-order valence-electron chi connectivity index (χ1n) is 7.65. The Morgan fingerprint density at radius 1 is 1.25 bits per heavy atom. The van der Waals surface area contributed by atoms with Crippen LogP contribution in [-0.4, -0.2) is 18.2 Å². The molecule has 1 aliphatic heterocycles. The standard InChI is InChI=1S/C18H27NO/c1-5-17(20)15-8-6-7-9-16(15)19-12-10-14(11-13-19)18(2,3)4/h6-10,17,20H,5,11-13H2,1-4H3. The van der Waals surface area contributed by atoms with E-state index in [2.05, 4.69) is 43.9 Å². The zero-order valence-corrected chi connectivity index (χ0v) is 13.2. The second-order valence-electron chi connectivity index (χ2n) is 6.66. The van der Waals surface area contributed by atoms with Crippen LogP contribution in [0, 0.1) is 5.41 Å². The monoisotopic (exact) mass is 273 g/mol. The Morgan fingerprint density at radius 2 is 1.95 bits per heavy atom. The van der Waals surface area contributed by atoms with Gasteiger partial charge in [-0.15, -0.1) is 0 Å². The molecule has 2 heteroatoms. The van der Waals surface area contributed by atoms with Gasteiger partial charge in [0, 0.05) is 24.3 Å². The molecule has 0 saturated heterocycles. The van der Waals surface area contributed by atoms with Gasteiger partial charge in [0.2, 0.25) is 0 Å². The summed E-state index contributed by atoms with van der Waals surface area (Å²) in [6.07, 6.45) is 3.87. The van der Waals surface area contributed by atoms with E-state index in [1.54, 1.807) is 5.57 Å². The van der Waals surface area contributed by atoms with E-state index in [9.17, 15) is 5.11 Å². The minimum absolute atomic E-state index is 0.272. The van der Waals surface area contributed by atoms with Crippen LogP contribution in [0.4, 0.5) is 5.69 Å². The molecule has 0 saturated carbocycles. The van der Waals surface area contributed by atoms with Gasteiger partial charge in [-0.3, -0.25) is 0 Å². The normalized spacial score (nSPS) is 17.9. The molecule has 1 atom stereocenters. The van der Waals surface area contributed by atoms with Crippen LogP contribution in [0.2, 0.25) is 0 Å². The fraction of sp³-hybridized carbons (Fsp3) is 0.556. The zero-order chi connectivity index (χ0) is 14.8. The van der Waals surface area contributed by atoms with Gasteiger partial charge < -0.3 is 10.0 Å². The summed E-state index contributed by atoms with van der Waals surface area (Å²) in [7, 11) is 0. The van der Waals surface area contributed by atoms with Crippen molar-refractivity contribution in [1.82, 2.24) is 0 Å². The Labute approximate surface area is 123 Å². The molecule has 0 aromatic heterocycles. The molecule has 1 aromatic carbocycles. The van der Waals surface area contributed by atoms with Gasteiger partial charge in [-0.25, -0.2) is 0 Å². The molecule has 1 aromatic rings. The highest BCUT2D eigenvalue weighted by atomic mass is 16.3. The zero-order valence-electron chi connectivity index (χ0n) is 13.2. The number of hydrogen-bond donors (Lipinski definition) is 1. The van der Waals surface area contributed by atoms with Crippen molar-refractivity contribution in [3.8, 4) is 0 Å². The van der Waals surface area contributed by atoms with Crippen LogP contribution >= 0.6 is 0 Å². The molecule has 2 nitrogen and oxygen atoms in total. The van der Waals surface area contributed by atoms with Crippen molar-refractivity contribution in [1.29, 1.82) is 0 Å². The highest BCUT2D eigenvalue weighted by Crippen LogP contribution is 2.34. The van der Waals surface area contributed by atoms with Crippen molar-refractivity contribution in [3.05, 3.63) is 41.5 Å². The minimum atomic E-state index is -0.362. The van der Waals surface area contributed by atoms with E-state index in [0.29, 0.717) is 0 Å². The minimum Gasteiger partial charge on any atom is -0.388 e. The second kappa shape index (κ2) is 6.01. The largest absolute Gasteiger partial charge is 0.388 e. The van der Waals surface area contributed by atoms with Crippen molar-refractivity contribution in [2.24, 2.45) is 5.41 Å². The van der Waals surface area contributed by atoms with E-state index in [-0.39, 0.29) is 11.5 Å². The molecule has 1 aliphatic rings. The van der Waals surface area contributed by atoms with Crippen LogP contribution in [0.25, 0.3) is 0 Å². The topological polar surface area (TPSA) is 23.5 Å². The van der Waals surface area contributed by atoms with Gasteiger partial charge in [0.15, 0.2) is 0 Å². The van der Waals surface area contributed by atoms with Crippen molar-refractivity contribution < 1.29 is 5.11 Å². The van der Waals surface area contributed by atoms with Gasteiger partial charge in [0.1, 0.15) is 0 Å². The maximum Gasteiger partial charge on any atom is 0.0807 e. The maximum atomic E-state index is 10.2. The average molecular weight is 273 g/mol. The summed E-state index contributed by atoms with van der Waals surface area (Å²) in [5.41, 5.74) is 4.06. The van der Waals surface area contributed by atoms with Crippen molar-refractivity contribution in [3.63, 3.8) is 0 Å². The highest BCUT2D eigenvalue weighted by Gasteiger charge is 2.23. The van der Waals surface area contributed by atoms with Gasteiger partial charge in [-0.2, -0.15) is 0 Å². The third kappa shape index (κ3) is 3.24. The van der Waals surface area contributed by atoms with E-state index in [0.717, 1.165) is 31.5 Å². The predicted molar refractivity (Wildman–Crippen MR) is 86.1 cm³/mol. The van der Waals surface area contributed by atoms with Gasteiger partial charge in [0.05, 0.1) is 6.10 Å². The van der Waals surface area contributed by atoms with E-state index in [1.807, 2.05) is 19.1 Å². The number of aliphatic hydroxyl groups excluding tert-OH is 1. The lowest BCUT2D eigenvalue weighted by Gasteiger charge is -2.35. The molecular weight excluding hydrogens is 246 g/mol.